The van der Waals surface area contributed by atoms with Crippen molar-refractivity contribution in [1.29, 1.82) is 0 Å². The number of thiazole rings is 1. The van der Waals surface area contributed by atoms with Crippen molar-refractivity contribution in [1.82, 2.24) is 20.0 Å². The second-order valence-corrected chi connectivity index (χ2v) is 4.83. The fraction of sp³-hybridized carbons (Fsp3) is 0.400. The van der Waals surface area contributed by atoms with E-state index in [0.717, 1.165) is 5.69 Å². The normalized spacial score (nSPS) is 12.4. The number of nitrogens with one attached hydrogen (secondary N) is 1. The van der Waals surface area contributed by atoms with Gasteiger partial charge >= 0.3 is 0 Å². The van der Waals surface area contributed by atoms with Gasteiger partial charge in [-0.25, -0.2) is 9.67 Å². The number of hydrogen-bond donors (Lipinski definition) is 2. The lowest BCUT2D eigenvalue weighted by Crippen LogP contribution is -2.19. The molecule has 8 heteroatoms. The Hall–Kier alpha value is -1.80. The van der Waals surface area contributed by atoms with Crippen molar-refractivity contribution < 1.29 is 4.79 Å². The fourth-order valence-electron chi connectivity index (χ4n) is 1.32. The van der Waals surface area contributed by atoms with Crippen molar-refractivity contribution in [2.75, 3.05) is 5.32 Å². The Kier molecular flexibility index (Phi) is 3.68. The minimum atomic E-state index is -0.191. The molecule has 1 atom stereocenters. The van der Waals surface area contributed by atoms with E-state index in [-0.39, 0.29) is 18.5 Å². The van der Waals surface area contributed by atoms with Gasteiger partial charge in [-0.3, -0.25) is 4.79 Å². The van der Waals surface area contributed by atoms with Crippen LogP contribution in [0.3, 0.4) is 0 Å². The van der Waals surface area contributed by atoms with Crippen LogP contribution in [0.5, 0.6) is 0 Å². The van der Waals surface area contributed by atoms with Crippen molar-refractivity contribution in [2.45, 2.75) is 26.4 Å². The topological polar surface area (TPSA) is 98.7 Å². The summed E-state index contributed by atoms with van der Waals surface area (Å²) in [5.74, 6) is -0.189. The summed E-state index contributed by atoms with van der Waals surface area (Å²) in [6.07, 6.45) is 1.66. The zero-order valence-electron chi connectivity index (χ0n) is 10.1. The van der Waals surface area contributed by atoms with E-state index in [1.807, 2.05) is 19.2 Å². The summed E-state index contributed by atoms with van der Waals surface area (Å²) < 4.78 is 1.45. The van der Waals surface area contributed by atoms with Gasteiger partial charge in [-0.05, 0) is 13.8 Å². The van der Waals surface area contributed by atoms with Crippen LogP contribution in [0.25, 0.3) is 0 Å². The Balaban J connectivity index is 1.94. The Morgan fingerprint density at radius 3 is 3.00 bits per heavy atom. The molecule has 0 spiro atoms. The van der Waals surface area contributed by atoms with Gasteiger partial charge in [-0.15, -0.1) is 16.4 Å². The Labute approximate surface area is 108 Å². The molecule has 2 aromatic rings. The predicted molar refractivity (Wildman–Crippen MR) is 68.1 cm³/mol. The summed E-state index contributed by atoms with van der Waals surface area (Å²) in [5, 5.41) is 12.9. The lowest BCUT2D eigenvalue weighted by molar-refractivity contribution is -0.116. The molecule has 0 saturated carbocycles. The number of carbonyl (C=O) groups is 1. The first-order valence-electron chi connectivity index (χ1n) is 5.42. The number of amides is 1. The number of anilines is 1. The quantitative estimate of drug-likeness (QED) is 0.848. The molecule has 2 rings (SSSR count). The van der Waals surface area contributed by atoms with Crippen LogP contribution in [0.15, 0.2) is 11.6 Å². The number of carbonyl (C=O) groups excluding carboxylic acids is 1. The minimum Gasteiger partial charge on any atom is -0.323 e. The van der Waals surface area contributed by atoms with Gasteiger partial charge in [0.2, 0.25) is 5.91 Å². The molecule has 1 unspecified atom stereocenters. The first-order chi connectivity index (χ1) is 8.54. The zero-order valence-corrected chi connectivity index (χ0v) is 10.9. The number of aromatic nitrogens is 4. The molecule has 2 heterocycles. The van der Waals surface area contributed by atoms with Gasteiger partial charge in [0.1, 0.15) is 6.54 Å². The summed E-state index contributed by atoms with van der Waals surface area (Å²) in [7, 11) is 0. The second-order valence-electron chi connectivity index (χ2n) is 3.97. The van der Waals surface area contributed by atoms with E-state index in [0.29, 0.717) is 10.8 Å². The number of aryl methyl sites for hydroxylation is 1. The van der Waals surface area contributed by atoms with Gasteiger partial charge in [-0.2, -0.15) is 0 Å². The highest BCUT2D eigenvalue weighted by molar-refractivity contribution is 7.13. The Morgan fingerprint density at radius 1 is 1.67 bits per heavy atom. The maximum Gasteiger partial charge on any atom is 0.247 e. The smallest absolute Gasteiger partial charge is 0.247 e. The third-order valence-electron chi connectivity index (χ3n) is 2.19. The second kappa shape index (κ2) is 5.23. The number of rotatable bonds is 4. The van der Waals surface area contributed by atoms with Gasteiger partial charge < -0.3 is 11.1 Å². The zero-order chi connectivity index (χ0) is 13.1. The van der Waals surface area contributed by atoms with Crippen LogP contribution in [-0.2, 0) is 11.3 Å². The van der Waals surface area contributed by atoms with Crippen LogP contribution in [0.1, 0.15) is 24.4 Å². The van der Waals surface area contributed by atoms with Gasteiger partial charge in [0.05, 0.1) is 17.6 Å². The van der Waals surface area contributed by atoms with E-state index >= 15 is 0 Å². The van der Waals surface area contributed by atoms with Crippen molar-refractivity contribution in [2.24, 2.45) is 5.73 Å². The number of nitrogens with two attached hydrogens (primary N) is 1. The van der Waals surface area contributed by atoms with Crippen LogP contribution in [0, 0.1) is 6.92 Å². The van der Waals surface area contributed by atoms with E-state index in [1.54, 1.807) is 6.20 Å². The molecule has 96 valence electrons. The van der Waals surface area contributed by atoms with Crippen molar-refractivity contribution in [3.63, 3.8) is 0 Å². The molecule has 0 fully saturated rings. The summed E-state index contributed by atoms with van der Waals surface area (Å²) in [5.41, 5.74) is 7.20. The van der Waals surface area contributed by atoms with E-state index in [9.17, 15) is 4.79 Å². The summed E-state index contributed by atoms with van der Waals surface area (Å²) in [6, 6.07) is -0.191. The molecular formula is C10H14N6OS. The molecule has 18 heavy (non-hydrogen) atoms. The van der Waals surface area contributed by atoms with E-state index < -0.39 is 0 Å². The standard InChI is InChI=1S/C10H14N6OS/c1-6-5-18-10(12-6)13-9(17)4-16-3-8(7(2)11)14-15-16/h3,5,7H,4,11H2,1-2H3,(H,12,13,17). The molecule has 0 aliphatic heterocycles. The van der Waals surface area contributed by atoms with Crippen LogP contribution < -0.4 is 11.1 Å². The third kappa shape index (κ3) is 3.11. The molecule has 0 radical (unpaired) electrons. The maximum absolute atomic E-state index is 11.7. The average Bonchev–Trinajstić information content (AvgIpc) is 2.88. The highest BCUT2D eigenvalue weighted by atomic mass is 32.1. The predicted octanol–water partition coefficient (Wildman–Crippen LogP) is 0.701. The van der Waals surface area contributed by atoms with Crippen LogP contribution in [0.2, 0.25) is 0 Å². The summed E-state index contributed by atoms with van der Waals surface area (Å²) in [4.78, 5) is 15.9. The van der Waals surface area contributed by atoms with E-state index in [4.69, 9.17) is 5.73 Å². The summed E-state index contributed by atoms with van der Waals surface area (Å²) in [6.45, 7) is 3.78. The van der Waals surface area contributed by atoms with Crippen molar-refractivity contribution in [3.8, 4) is 0 Å². The monoisotopic (exact) mass is 266 g/mol. The lowest BCUT2D eigenvalue weighted by Gasteiger charge is -2.01. The molecule has 0 saturated heterocycles. The van der Waals surface area contributed by atoms with Gasteiger partial charge in [-0.1, -0.05) is 5.21 Å². The fourth-order valence-corrected chi connectivity index (χ4v) is 2.02. The Morgan fingerprint density at radius 2 is 2.44 bits per heavy atom. The lowest BCUT2D eigenvalue weighted by atomic mass is 10.3. The van der Waals surface area contributed by atoms with Gasteiger partial charge in [0.25, 0.3) is 0 Å². The Bertz CT molecular complexity index is 546. The molecule has 2 aromatic heterocycles. The molecular weight excluding hydrogens is 252 g/mol. The third-order valence-corrected chi connectivity index (χ3v) is 3.07. The van der Waals surface area contributed by atoms with E-state index in [2.05, 4.69) is 20.6 Å². The van der Waals surface area contributed by atoms with E-state index in [1.165, 1.54) is 16.0 Å². The summed E-state index contributed by atoms with van der Waals surface area (Å²) >= 11 is 1.39. The molecule has 1 amide bonds. The highest BCUT2D eigenvalue weighted by Gasteiger charge is 2.09. The molecule has 3 N–H and O–H groups in total. The number of nitrogens with zero attached hydrogens (tertiary/aromatic N) is 4. The number of hydrogen-bond acceptors (Lipinski definition) is 6. The molecule has 0 aliphatic carbocycles. The van der Waals surface area contributed by atoms with Gasteiger partial charge in [0.15, 0.2) is 5.13 Å². The average molecular weight is 266 g/mol. The molecule has 7 nitrogen and oxygen atoms in total. The van der Waals surface area contributed by atoms with Crippen LogP contribution in [0.4, 0.5) is 5.13 Å². The van der Waals surface area contributed by atoms with Gasteiger partial charge in [0, 0.05) is 11.4 Å². The minimum absolute atomic E-state index is 0.0956. The molecule has 0 aliphatic rings. The molecule has 0 aromatic carbocycles. The van der Waals surface area contributed by atoms with Crippen molar-refractivity contribution in [3.05, 3.63) is 23.0 Å². The first-order valence-corrected chi connectivity index (χ1v) is 6.30. The van der Waals surface area contributed by atoms with Crippen LogP contribution >= 0.6 is 11.3 Å². The first kappa shape index (κ1) is 12.7. The maximum atomic E-state index is 11.7. The SMILES string of the molecule is Cc1csc(NC(=O)Cn2cc(C(C)N)nn2)n1. The van der Waals surface area contributed by atoms with Crippen LogP contribution in [-0.4, -0.2) is 25.9 Å². The van der Waals surface area contributed by atoms with Crippen molar-refractivity contribution >= 4 is 22.4 Å². The highest BCUT2D eigenvalue weighted by Crippen LogP contribution is 2.14. The molecule has 0 bridgehead atoms. The largest absolute Gasteiger partial charge is 0.323 e.